The van der Waals surface area contributed by atoms with Gasteiger partial charge in [0.25, 0.3) is 0 Å². The van der Waals surface area contributed by atoms with Gasteiger partial charge in [0.2, 0.25) is 5.91 Å². The molecule has 3 N–H and O–H groups in total. The maximum Gasteiger partial charge on any atom is 0.472 e. The molecule has 76 heavy (non-hydrogen) atoms. The SMILES string of the molecule is CCCCCCCCCCCCCCCCCCCCCCCCCCCCCCCCCCCC(O)C(COP(=O)(O)OCC[N+](C)(C)C)NC(=O)CCCCCCCCCCCCCCCCCCCCCCC. The summed E-state index contributed by atoms with van der Waals surface area (Å²) in [5, 5.41) is 14.1. The molecule has 456 valence electrons. The van der Waals surface area contributed by atoms with Crippen molar-refractivity contribution >= 4 is 13.7 Å². The lowest BCUT2D eigenvalue weighted by Gasteiger charge is -2.26. The van der Waals surface area contributed by atoms with Crippen LogP contribution in [0.5, 0.6) is 0 Å². The zero-order valence-corrected chi connectivity index (χ0v) is 53.2. The van der Waals surface area contributed by atoms with Gasteiger partial charge < -0.3 is 19.8 Å². The number of quaternary nitrogens is 1. The minimum absolute atomic E-state index is 0.0794. The zero-order chi connectivity index (χ0) is 55.6. The number of amides is 1. The first kappa shape index (κ1) is 75.5. The number of carbonyl (C=O) groups is 1. The first-order chi connectivity index (χ1) is 37.0. The van der Waals surface area contributed by atoms with E-state index in [2.05, 4.69) is 19.2 Å². The number of unbranched alkanes of at least 4 members (excludes halogenated alkanes) is 52. The molecule has 0 spiro atoms. The molecule has 0 heterocycles. The molecule has 0 aliphatic heterocycles. The molecule has 0 bridgehead atoms. The van der Waals surface area contributed by atoms with Gasteiger partial charge in [-0.2, -0.15) is 0 Å². The van der Waals surface area contributed by atoms with Crippen molar-refractivity contribution in [2.75, 3.05) is 40.9 Å². The van der Waals surface area contributed by atoms with Gasteiger partial charge in [0.1, 0.15) is 13.2 Å². The Balaban J connectivity index is 3.96. The first-order valence-corrected chi connectivity index (χ1v) is 35.9. The molecule has 0 aromatic rings. The smallest absolute Gasteiger partial charge is 0.391 e. The van der Waals surface area contributed by atoms with E-state index in [1.807, 2.05) is 21.1 Å². The van der Waals surface area contributed by atoms with E-state index in [4.69, 9.17) is 9.05 Å². The van der Waals surface area contributed by atoms with Crippen LogP contribution in [0.25, 0.3) is 0 Å². The van der Waals surface area contributed by atoms with Gasteiger partial charge in [-0.05, 0) is 12.8 Å². The molecule has 0 aliphatic rings. The summed E-state index contributed by atoms with van der Waals surface area (Å²) in [6.45, 7) is 4.96. The summed E-state index contributed by atoms with van der Waals surface area (Å²) in [6.07, 6.45) is 73.5. The Labute approximate surface area is 476 Å². The van der Waals surface area contributed by atoms with Crippen molar-refractivity contribution in [1.29, 1.82) is 0 Å². The molecule has 0 rings (SSSR count). The summed E-state index contributed by atoms with van der Waals surface area (Å²) in [6, 6.07) is -0.756. The number of nitrogens with zero attached hydrogens (tertiary/aromatic N) is 1. The van der Waals surface area contributed by atoms with E-state index in [1.165, 1.54) is 308 Å². The second-order valence-corrected chi connectivity index (χ2v) is 26.7. The quantitative estimate of drug-likeness (QED) is 0.0318. The normalized spacial score (nSPS) is 13.6. The van der Waals surface area contributed by atoms with Crippen molar-refractivity contribution < 1.29 is 32.9 Å². The van der Waals surface area contributed by atoms with Gasteiger partial charge in [-0.1, -0.05) is 354 Å². The Morgan fingerprint density at radius 2 is 0.632 bits per heavy atom. The Kier molecular flexibility index (Phi) is 58.7. The highest BCUT2D eigenvalue weighted by Gasteiger charge is 2.28. The van der Waals surface area contributed by atoms with Crippen LogP contribution in [0.3, 0.4) is 0 Å². The standard InChI is InChI=1S/C67H137N2O6P/c1-6-8-10-12-14-16-18-20-22-24-26-28-29-30-31-32-33-34-35-36-37-38-39-41-42-44-46-48-50-52-54-56-58-60-66(70)65(64-75-76(72,73)74-63-62-69(3,4)5)68-67(71)61-59-57-55-53-51-49-47-45-43-40-27-25-23-21-19-17-15-13-11-9-7-2/h65-66,70H,6-64H2,1-5H3,(H-,68,71,72,73)/p+1. The van der Waals surface area contributed by atoms with Crippen LogP contribution in [-0.2, 0) is 18.4 Å². The molecule has 0 aliphatic carbocycles. The highest BCUT2D eigenvalue weighted by molar-refractivity contribution is 7.47. The number of likely N-dealkylation sites (N-methyl/N-ethyl adjacent to an activating group) is 1. The number of carbonyl (C=O) groups excluding carboxylic acids is 1. The van der Waals surface area contributed by atoms with E-state index in [-0.39, 0.29) is 19.1 Å². The number of rotatable bonds is 65. The minimum atomic E-state index is -4.32. The van der Waals surface area contributed by atoms with Gasteiger partial charge in [0.05, 0.1) is 39.9 Å². The van der Waals surface area contributed by atoms with Crippen LogP contribution in [0.1, 0.15) is 373 Å². The summed E-state index contributed by atoms with van der Waals surface area (Å²) in [4.78, 5) is 23.4. The van der Waals surface area contributed by atoms with Crippen LogP contribution in [0.2, 0.25) is 0 Å². The Hall–Kier alpha value is -0.500. The van der Waals surface area contributed by atoms with Crippen molar-refractivity contribution in [3.8, 4) is 0 Å². The molecule has 3 unspecified atom stereocenters. The summed E-state index contributed by atoms with van der Waals surface area (Å²) >= 11 is 0. The van der Waals surface area contributed by atoms with Crippen LogP contribution >= 0.6 is 7.82 Å². The summed E-state index contributed by atoms with van der Waals surface area (Å²) in [7, 11) is 1.64. The lowest BCUT2D eigenvalue weighted by molar-refractivity contribution is -0.870. The Morgan fingerprint density at radius 3 is 0.882 bits per heavy atom. The molecule has 0 saturated carbocycles. The molecule has 0 aromatic heterocycles. The fraction of sp³-hybridized carbons (Fsp3) is 0.985. The van der Waals surface area contributed by atoms with Crippen molar-refractivity contribution in [1.82, 2.24) is 5.32 Å². The number of phosphoric acid groups is 1. The molecule has 8 nitrogen and oxygen atoms in total. The van der Waals surface area contributed by atoms with Crippen LogP contribution in [0.15, 0.2) is 0 Å². The van der Waals surface area contributed by atoms with Gasteiger partial charge >= 0.3 is 7.82 Å². The van der Waals surface area contributed by atoms with Gasteiger partial charge in [-0.15, -0.1) is 0 Å². The van der Waals surface area contributed by atoms with Crippen molar-refractivity contribution in [3.05, 3.63) is 0 Å². The van der Waals surface area contributed by atoms with Crippen LogP contribution in [0.4, 0.5) is 0 Å². The molecule has 3 atom stereocenters. The van der Waals surface area contributed by atoms with Gasteiger partial charge in [0, 0.05) is 6.42 Å². The largest absolute Gasteiger partial charge is 0.472 e. The molecule has 0 aromatic carbocycles. The number of aliphatic hydroxyl groups is 1. The maximum absolute atomic E-state index is 13.0. The van der Waals surface area contributed by atoms with Gasteiger partial charge in [-0.25, -0.2) is 4.57 Å². The molecule has 0 fully saturated rings. The van der Waals surface area contributed by atoms with Crippen LogP contribution in [0, 0.1) is 0 Å². The van der Waals surface area contributed by atoms with E-state index in [0.29, 0.717) is 23.9 Å². The number of hydrogen-bond acceptors (Lipinski definition) is 5. The molecule has 9 heteroatoms. The van der Waals surface area contributed by atoms with E-state index >= 15 is 0 Å². The number of nitrogens with one attached hydrogen (secondary N) is 1. The third kappa shape index (κ3) is 61.1. The second-order valence-electron chi connectivity index (χ2n) is 25.3. The average molecular weight is 1100 g/mol. The molecular formula is C67H138N2O6P+. The predicted molar refractivity (Wildman–Crippen MR) is 332 cm³/mol. The maximum atomic E-state index is 13.0. The first-order valence-electron chi connectivity index (χ1n) is 34.4. The number of hydrogen-bond donors (Lipinski definition) is 3. The third-order valence-corrected chi connectivity index (χ3v) is 17.3. The van der Waals surface area contributed by atoms with Crippen LogP contribution < -0.4 is 5.32 Å². The third-order valence-electron chi connectivity index (χ3n) is 16.4. The van der Waals surface area contributed by atoms with Crippen molar-refractivity contribution in [2.24, 2.45) is 0 Å². The zero-order valence-electron chi connectivity index (χ0n) is 52.3. The molecular weight excluding hydrogens is 960 g/mol. The second kappa shape index (κ2) is 59.1. The van der Waals surface area contributed by atoms with E-state index < -0.39 is 20.0 Å². The van der Waals surface area contributed by atoms with Crippen molar-refractivity contribution in [3.63, 3.8) is 0 Å². The van der Waals surface area contributed by atoms with Crippen LogP contribution in [-0.4, -0.2) is 73.4 Å². The number of phosphoric ester groups is 1. The summed E-state index contributed by atoms with van der Waals surface area (Å²) < 4.78 is 23.9. The Bertz CT molecular complexity index is 1200. The topological polar surface area (TPSA) is 105 Å². The highest BCUT2D eigenvalue weighted by atomic mass is 31.2. The molecule has 0 radical (unpaired) electrons. The average Bonchev–Trinajstić information content (AvgIpc) is 3.38. The van der Waals surface area contributed by atoms with Crippen molar-refractivity contribution in [2.45, 2.75) is 386 Å². The molecule has 0 saturated heterocycles. The predicted octanol–water partition coefficient (Wildman–Crippen LogP) is 21.6. The molecule has 1 amide bonds. The fourth-order valence-electron chi connectivity index (χ4n) is 11.0. The van der Waals surface area contributed by atoms with E-state index in [0.717, 1.165) is 38.5 Å². The van der Waals surface area contributed by atoms with Gasteiger partial charge in [0.15, 0.2) is 0 Å². The van der Waals surface area contributed by atoms with Gasteiger partial charge in [-0.3, -0.25) is 13.8 Å². The number of aliphatic hydroxyl groups excluding tert-OH is 1. The fourth-order valence-corrected chi connectivity index (χ4v) is 11.7. The van der Waals surface area contributed by atoms with E-state index in [1.54, 1.807) is 0 Å². The highest BCUT2D eigenvalue weighted by Crippen LogP contribution is 2.43. The lowest BCUT2D eigenvalue weighted by atomic mass is 10.0. The summed E-state index contributed by atoms with van der Waals surface area (Å²) in [5.41, 5.74) is 0. The Morgan fingerprint density at radius 1 is 0.395 bits per heavy atom. The minimum Gasteiger partial charge on any atom is -0.391 e. The van der Waals surface area contributed by atoms with E-state index in [9.17, 15) is 19.4 Å². The monoisotopic (exact) mass is 1100 g/mol. The lowest BCUT2D eigenvalue weighted by Crippen LogP contribution is -2.46. The summed E-state index contributed by atoms with van der Waals surface area (Å²) in [5.74, 6) is -0.134.